The Hall–Kier alpha value is -2.52. The first-order chi connectivity index (χ1) is 21.4. The second-order valence-electron chi connectivity index (χ2n) is 10.4. The predicted octanol–water partition coefficient (Wildman–Crippen LogP) is 2.91. The molecule has 3 rings (SSSR count). The number of rotatable bonds is 17. The molecule has 0 aliphatic carbocycles. The maximum atomic E-state index is 13.3. The van der Waals surface area contributed by atoms with Crippen molar-refractivity contribution in [3.05, 3.63) is 46.3 Å². The average Bonchev–Trinajstić information content (AvgIpc) is 3.04. The number of esters is 2. The van der Waals surface area contributed by atoms with E-state index >= 15 is 0 Å². The van der Waals surface area contributed by atoms with E-state index in [-0.39, 0.29) is 18.8 Å². The number of nitrogens with zero attached hydrogens (tertiary/aromatic N) is 3. The Bertz CT molecular complexity index is 1060. The van der Waals surface area contributed by atoms with Crippen LogP contribution in [-0.4, -0.2) is 116 Å². The quantitative estimate of drug-likeness (QED) is 0.0634. The third-order valence-electron chi connectivity index (χ3n) is 7.23. The molecule has 0 spiro atoms. The average molecular weight is 644 g/mol. The van der Waals surface area contributed by atoms with Crippen LogP contribution in [0.5, 0.6) is 0 Å². The van der Waals surface area contributed by atoms with E-state index in [0.29, 0.717) is 19.4 Å². The van der Waals surface area contributed by atoms with Crippen LogP contribution >= 0.6 is 11.6 Å². The summed E-state index contributed by atoms with van der Waals surface area (Å²) in [6, 6.07) is 7.42. The lowest BCUT2D eigenvalue weighted by Crippen LogP contribution is -2.64. The molecule has 0 bridgehead atoms. The molecular weight excluding hydrogens is 602 g/mol. The molecule has 9 unspecified atom stereocenters. The molecule has 2 aliphatic heterocycles. The van der Waals surface area contributed by atoms with Gasteiger partial charge in [-0.05, 0) is 30.5 Å². The highest BCUT2D eigenvalue weighted by Gasteiger charge is 2.52. The van der Waals surface area contributed by atoms with Gasteiger partial charge in [0.2, 0.25) is 0 Å². The number of aliphatic hydroxyl groups is 2. The second kappa shape index (κ2) is 19.1. The zero-order chi connectivity index (χ0) is 31.9. The van der Waals surface area contributed by atoms with Crippen LogP contribution in [0, 0.1) is 0 Å². The summed E-state index contributed by atoms with van der Waals surface area (Å²) in [6.07, 6.45) is -6.39. The van der Waals surface area contributed by atoms with E-state index in [1.165, 1.54) is 0 Å². The molecule has 2 saturated heterocycles. The van der Waals surface area contributed by atoms with Crippen molar-refractivity contribution in [2.75, 3.05) is 38.9 Å². The molecule has 2 fully saturated rings. The predicted molar refractivity (Wildman–Crippen MR) is 156 cm³/mol. The number of benzene rings is 1. The number of carbonyl (C=O) groups excluding carboxylic acids is 2. The summed E-state index contributed by atoms with van der Waals surface area (Å²) in [4.78, 5) is 28.0. The fourth-order valence-electron chi connectivity index (χ4n) is 4.85. The topological polar surface area (TPSA) is 188 Å². The number of carbonyl (C=O) groups is 2. The van der Waals surface area contributed by atoms with Gasteiger partial charge in [0.05, 0.1) is 30.9 Å². The first-order valence-corrected chi connectivity index (χ1v) is 15.4. The Morgan fingerprint density at radius 3 is 2.34 bits per heavy atom. The maximum Gasteiger partial charge on any atom is 0.338 e. The van der Waals surface area contributed by atoms with Gasteiger partial charge in [-0.25, -0.2) is 4.79 Å². The van der Waals surface area contributed by atoms with Crippen molar-refractivity contribution in [1.29, 1.82) is 0 Å². The van der Waals surface area contributed by atoms with Crippen molar-refractivity contribution in [2.24, 2.45) is 5.11 Å². The summed E-state index contributed by atoms with van der Waals surface area (Å²) in [5, 5.41) is 25.3. The van der Waals surface area contributed by atoms with E-state index in [9.17, 15) is 25.3 Å². The standard InChI is InChI=1S/C29H42ClN3O11/c1-3-5-12-38-24-19(32-33-31)16-40-20(15-34)25(24)44-29-27(43-28(37)18-10-8-7-9-11-18)26(39-13-6-4-2)23(36)21(42-29)17-41-22(35)14-30/h7-11,19-21,23-27,29,34,36H,3-6,12-17H2,1-2H3. The first-order valence-electron chi connectivity index (χ1n) is 14.8. The summed E-state index contributed by atoms with van der Waals surface area (Å²) in [5.74, 6) is -1.87. The largest absolute Gasteiger partial charge is 0.462 e. The monoisotopic (exact) mass is 643 g/mol. The Morgan fingerprint density at radius 1 is 1.05 bits per heavy atom. The summed E-state index contributed by atoms with van der Waals surface area (Å²) in [7, 11) is 0. The molecule has 0 amide bonds. The number of aliphatic hydroxyl groups excluding tert-OH is 2. The summed E-state index contributed by atoms with van der Waals surface area (Å²) < 4.78 is 41.5. The van der Waals surface area contributed by atoms with Crippen molar-refractivity contribution in [3.8, 4) is 0 Å². The van der Waals surface area contributed by atoms with Gasteiger partial charge in [0.15, 0.2) is 12.4 Å². The van der Waals surface area contributed by atoms with Gasteiger partial charge in [-0.3, -0.25) is 4.79 Å². The minimum Gasteiger partial charge on any atom is -0.462 e. The van der Waals surface area contributed by atoms with Gasteiger partial charge in [-0.2, -0.15) is 0 Å². The first kappa shape index (κ1) is 36.0. The van der Waals surface area contributed by atoms with Gasteiger partial charge in [0, 0.05) is 18.1 Å². The van der Waals surface area contributed by atoms with Crippen LogP contribution in [0.3, 0.4) is 0 Å². The maximum absolute atomic E-state index is 13.3. The number of azide groups is 1. The molecule has 14 nitrogen and oxygen atoms in total. The van der Waals surface area contributed by atoms with Gasteiger partial charge < -0.3 is 43.4 Å². The van der Waals surface area contributed by atoms with E-state index in [4.69, 9.17) is 44.8 Å². The van der Waals surface area contributed by atoms with E-state index in [1.54, 1.807) is 30.3 Å². The van der Waals surface area contributed by atoms with Crippen LogP contribution in [0.25, 0.3) is 10.4 Å². The summed E-state index contributed by atoms with van der Waals surface area (Å²) in [5.41, 5.74) is 9.43. The second-order valence-corrected chi connectivity index (χ2v) is 10.7. The van der Waals surface area contributed by atoms with Gasteiger partial charge in [0.1, 0.15) is 43.0 Å². The minimum atomic E-state index is -1.43. The number of halogens is 1. The number of alkyl halides is 1. The number of ether oxygens (including phenoxy) is 7. The Kier molecular flexibility index (Phi) is 15.6. The van der Waals surface area contributed by atoms with Crippen molar-refractivity contribution in [3.63, 3.8) is 0 Å². The molecule has 1 aromatic carbocycles. The van der Waals surface area contributed by atoms with Crippen LogP contribution in [0.4, 0.5) is 0 Å². The normalized spacial score (nSPS) is 30.2. The molecule has 2 heterocycles. The van der Waals surface area contributed by atoms with Crippen LogP contribution in [0.1, 0.15) is 49.9 Å². The van der Waals surface area contributed by atoms with Crippen molar-refractivity contribution < 1.29 is 53.0 Å². The molecule has 0 aromatic heterocycles. The lowest BCUT2D eigenvalue weighted by Gasteiger charge is -2.47. The van der Waals surface area contributed by atoms with Gasteiger partial charge in [-0.1, -0.05) is 50.0 Å². The van der Waals surface area contributed by atoms with Crippen LogP contribution < -0.4 is 0 Å². The summed E-state index contributed by atoms with van der Waals surface area (Å²) >= 11 is 5.58. The summed E-state index contributed by atoms with van der Waals surface area (Å²) in [6.45, 7) is 3.58. The fourth-order valence-corrected chi connectivity index (χ4v) is 4.93. The lowest BCUT2D eigenvalue weighted by atomic mass is 9.96. The molecule has 44 heavy (non-hydrogen) atoms. The SMILES string of the molecule is CCCCOC1C(N=[N+]=[N-])COC(CO)C1OC1OC(COC(=O)CCl)C(O)C(OCCCC)C1OC(=O)c1ccccc1. The van der Waals surface area contributed by atoms with E-state index in [1.807, 2.05) is 13.8 Å². The zero-order valence-corrected chi connectivity index (χ0v) is 25.7. The van der Waals surface area contributed by atoms with Crippen molar-refractivity contribution in [2.45, 2.75) is 94.6 Å². The Morgan fingerprint density at radius 2 is 1.73 bits per heavy atom. The highest BCUT2D eigenvalue weighted by molar-refractivity contribution is 6.26. The number of hydrogen-bond acceptors (Lipinski definition) is 12. The van der Waals surface area contributed by atoms with Crippen LogP contribution in [0.15, 0.2) is 35.4 Å². The van der Waals surface area contributed by atoms with Gasteiger partial charge in [-0.15, -0.1) is 11.6 Å². The molecule has 2 N–H and O–H groups in total. The lowest BCUT2D eigenvalue weighted by molar-refractivity contribution is -0.337. The van der Waals surface area contributed by atoms with Crippen LogP contribution in [0.2, 0.25) is 0 Å². The fraction of sp³-hybridized carbons (Fsp3) is 0.724. The van der Waals surface area contributed by atoms with Crippen LogP contribution in [-0.2, 0) is 38.0 Å². The molecule has 0 saturated carbocycles. The van der Waals surface area contributed by atoms with E-state index < -0.39 is 86.1 Å². The van der Waals surface area contributed by atoms with E-state index in [0.717, 1.165) is 12.8 Å². The van der Waals surface area contributed by atoms with Crippen molar-refractivity contribution >= 4 is 23.5 Å². The number of unbranched alkanes of at least 4 members (excludes halogenated alkanes) is 2. The number of hydrogen-bond donors (Lipinski definition) is 2. The molecule has 0 radical (unpaired) electrons. The zero-order valence-electron chi connectivity index (χ0n) is 24.9. The molecular formula is C29H42ClN3O11. The van der Waals surface area contributed by atoms with Gasteiger partial charge >= 0.3 is 11.9 Å². The van der Waals surface area contributed by atoms with E-state index in [2.05, 4.69) is 10.0 Å². The molecule has 1 aromatic rings. The van der Waals surface area contributed by atoms with Gasteiger partial charge in [0.25, 0.3) is 0 Å². The Balaban J connectivity index is 2.00. The third-order valence-corrected chi connectivity index (χ3v) is 7.45. The minimum absolute atomic E-state index is 0.0254. The van der Waals surface area contributed by atoms with Crippen molar-refractivity contribution in [1.82, 2.24) is 0 Å². The molecule has 9 atom stereocenters. The third kappa shape index (κ3) is 9.99. The highest BCUT2D eigenvalue weighted by atomic mass is 35.5. The molecule has 15 heteroatoms. The Labute approximate surface area is 261 Å². The molecule has 2 aliphatic rings. The molecule has 246 valence electrons. The highest BCUT2D eigenvalue weighted by Crippen LogP contribution is 2.33. The smallest absolute Gasteiger partial charge is 0.338 e.